The van der Waals surface area contributed by atoms with Gasteiger partial charge in [0.05, 0.1) is 5.75 Å². The molecular weight excluding hydrogens is 318 g/mol. The third-order valence-electron chi connectivity index (χ3n) is 2.26. The molecule has 1 amide bonds. The minimum atomic E-state index is -1.00. The number of nitrogens with zero attached hydrogens (tertiary/aromatic N) is 2. The molecule has 0 radical (unpaired) electrons. The van der Waals surface area contributed by atoms with E-state index in [1.165, 1.54) is 29.2 Å². The van der Waals surface area contributed by atoms with Crippen LogP contribution in [0.1, 0.15) is 6.92 Å². The number of aromatic nitrogens is 2. The lowest BCUT2D eigenvalue weighted by Gasteiger charge is -2.04. The summed E-state index contributed by atoms with van der Waals surface area (Å²) in [6.45, 7) is 2.69. The number of nitrogens with one attached hydrogen (secondary N) is 2. The predicted molar refractivity (Wildman–Crippen MR) is 79.8 cm³/mol. The van der Waals surface area contributed by atoms with Gasteiger partial charge in [-0.2, -0.15) is 0 Å². The zero-order chi connectivity index (χ0) is 15.2. The Hall–Kier alpha value is -1.74. The molecule has 1 aromatic heterocycles. The quantitative estimate of drug-likeness (QED) is 0.797. The summed E-state index contributed by atoms with van der Waals surface area (Å²) in [5.41, 5.74) is 0.213. The molecule has 1 heterocycles. The maximum Gasteiger partial charge on any atom is 0.234 e. The Balaban J connectivity index is 1.85. The first-order chi connectivity index (χ1) is 10.1. The molecule has 0 saturated heterocycles. The zero-order valence-corrected chi connectivity index (χ0v) is 12.7. The standard InChI is InChI=1S/C12H12F2N4OS2/c1-2-15-11-17-18-12(21-11)20-6-10(19)16-7-3-4-8(13)9(14)5-7/h3-5H,2,6H2,1H3,(H,15,17)(H,16,19). The highest BCUT2D eigenvalue weighted by atomic mass is 32.2. The van der Waals surface area contributed by atoms with E-state index in [0.717, 1.165) is 18.7 Å². The second kappa shape index (κ2) is 7.32. The molecule has 112 valence electrons. The van der Waals surface area contributed by atoms with Gasteiger partial charge in [0.15, 0.2) is 16.0 Å². The van der Waals surface area contributed by atoms with Crippen LogP contribution in [0.5, 0.6) is 0 Å². The summed E-state index contributed by atoms with van der Waals surface area (Å²) in [5.74, 6) is -2.17. The minimum Gasteiger partial charge on any atom is -0.360 e. The van der Waals surface area contributed by atoms with Crippen LogP contribution >= 0.6 is 23.1 Å². The number of anilines is 2. The van der Waals surface area contributed by atoms with Gasteiger partial charge in [0.25, 0.3) is 0 Å². The van der Waals surface area contributed by atoms with Gasteiger partial charge in [-0.05, 0) is 19.1 Å². The van der Waals surface area contributed by atoms with Gasteiger partial charge < -0.3 is 10.6 Å². The second-order valence-corrected chi connectivity index (χ2v) is 6.07. The average molecular weight is 330 g/mol. The molecule has 0 aliphatic carbocycles. The second-order valence-electron chi connectivity index (χ2n) is 3.87. The summed E-state index contributed by atoms with van der Waals surface area (Å²) in [6.07, 6.45) is 0. The summed E-state index contributed by atoms with van der Waals surface area (Å²) in [6, 6.07) is 3.20. The maximum absolute atomic E-state index is 13.0. The van der Waals surface area contributed by atoms with E-state index in [1.807, 2.05) is 6.92 Å². The summed E-state index contributed by atoms with van der Waals surface area (Å²) in [4.78, 5) is 11.7. The fraction of sp³-hybridized carbons (Fsp3) is 0.250. The van der Waals surface area contributed by atoms with Crippen molar-refractivity contribution in [2.75, 3.05) is 22.9 Å². The third kappa shape index (κ3) is 4.64. The molecular formula is C12H12F2N4OS2. The van der Waals surface area contributed by atoms with Crippen LogP contribution in [0.25, 0.3) is 0 Å². The van der Waals surface area contributed by atoms with Crippen molar-refractivity contribution in [2.24, 2.45) is 0 Å². The van der Waals surface area contributed by atoms with Crippen molar-refractivity contribution < 1.29 is 13.6 Å². The first-order valence-corrected chi connectivity index (χ1v) is 7.83. The normalized spacial score (nSPS) is 10.4. The van der Waals surface area contributed by atoms with Gasteiger partial charge in [-0.25, -0.2) is 8.78 Å². The van der Waals surface area contributed by atoms with Crippen LogP contribution in [0.2, 0.25) is 0 Å². The van der Waals surface area contributed by atoms with Crippen LogP contribution in [0, 0.1) is 11.6 Å². The predicted octanol–water partition coefficient (Wildman–Crippen LogP) is 2.98. The van der Waals surface area contributed by atoms with Crippen molar-refractivity contribution in [1.29, 1.82) is 0 Å². The molecule has 0 aliphatic heterocycles. The fourth-order valence-electron chi connectivity index (χ4n) is 1.39. The first-order valence-electron chi connectivity index (χ1n) is 6.03. The average Bonchev–Trinajstić information content (AvgIpc) is 2.89. The number of hydrogen-bond acceptors (Lipinski definition) is 6. The summed E-state index contributed by atoms with van der Waals surface area (Å²) >= 11 is 2.58. The van der Waals surface area contributed by atoms with Crippen LogP contribution in [-0.2, 0) is 4.79 Å². The molecule has 0 saturated carbocycles. The minimum absolute atomic E-state index is 0.111. The van der Waals surface area contributed by atoms with Crippen LogP contribution in [0.15, 0.2) is 22.5 Å². The van der Waals surface area contributed by atoms with Gasteiger partial charge in [-0.3, -0.25) is 4.79 Å². The number of rotatable bonds is 6. The number of thioether (sulfide) groups is 1. The van der Waals surface area contributed by atoms with Gasteiger partial charge in [0.2, 0.25) is 11.0 Å². The first kappa shape index (κ1) is 15.6. The van der Waals surface area contributed by atoms with Crippen molar-refractivity contribution in [3.05, 3.63) is 29.8 Å². The van der Waals surface area contributed by atoms with Crippen molar-refractivity contribution in [1.82, 2.24) is 10.2 Å². The fourth-order valence-corrected chi connectivity index (χ4v) is 3.01. The Morgan fingerprint density at radius 2 is 2.14 bits per heavy atom. The van der Waals surface area contributed by atoms with Crippen LogP contribution < -0.4 is 10.6 Å². The van der Waals surface area contributed by atoms with Gasteiger partial charge >= 0.3 is 0 Å². The molecule has 0 fully saturated rings. The Morgan fingerprint density at radius 3 is 2.86 bits per heavy atom. The summed E-state index contributed by atoms with van der Waals surface area (Å²) < 4.78 is 26.4. The van der Waals surface area contributed by atoms with Gasteiger partial charge in [0, 0.05) is 18.3 Å². The number of amides is 1. The molecule has 0 atom stereocenters. The van der Waals surface area contributed by atoms with Crippen molar-refractivity contribution in [3.8, 4) is 0 Å². The Morgan fingerprint density at radius 1 is 1.33 bits per heavy atom. The topological polar surface area (TPSA) is 66.9 Å². The summed E-state index contributed by atoms with van der Waals surface area (Å²) in [7, 11) is 0. The van der Waals surface area contributed by atoms with E-state index in [9.17, 15) is 13.6 Å². The molecule has 21 heavy (non-hydrogen) atoms. The third-order valence-corrected chi connectivity index (χ3v) is 4.28. The number of benzene rings is 1. The lowest BCUT2D eigenvalue weighted by Crippen LogP contribution is -2.14. The van der Waals surface area contributed by atoms with E-state index in [1.54, 1.807) is 0 Å². The van der Waals surface area contributed by atoms with E-state index in [2.05, 4.69) is 20.8 Å². The number of halogens is 2. The smallest absolute Gasteiger partial charge is 0.234 e. The van der Waals surface area contributed by atoms with Crippen molar-refractivity contribution >= 4 is 39.8 Å². The van der Waals surface area contributed by atoms with E-state index < -0.39 is 11.6 Å². The lowest BCUT2D eigenvalue weighted by molar-refractivity contribution is -0.113. The van der Waals surface area contributed by atoms with Gasteiger partial charge in [-0.1, -0.05) is 23.1 Å². The number of hydrogen-bond donors (Lipinski definition) is 2. The molecule has 2 aromatic rings. The molecule has 0 bridgehead atoms. The Bertz CT molecular complexity index is 635. The highest BCUT2D eigenvalue weighted by Gasteiger charge is 2.09. The van der Waals surface area contributed by atoms with Crippen LogP contribution in [-0.4, -0.2) is 28.4 Å². The van der Waals surface area contributed by atoms with E-state index in [-0.39, 0.29) is 17.3 Å². The summed E-state index contributed by atoms with van der Waals surface area (Å²) in [5, 5.41) is 14.0. The van der Waals surface area contributed by atoms with Crippen LogP contribution in [0.4, 0.5) is 19.6 Å². The highest BCUT2D eigenvalue weighted by Crippen LogP contribution is 2.25. The molecule has 9 heteroatoms. The SMILES string of the molecule is CCNc1nnc(SCC(=O)Nc2ccc(F)c(F)c2)s1. The largest absolute Gasteiger partial charge is 0.360 e. The zero-order valence-electron chi connectivity index (χ0n) is 11.0. The molecule has 2 N–H and O–H groups in total. The van der Waals surface area contributed by atoms with Gasteiger partial charge in [0.1, 0.15) is 0 Å². The maximum atomic E-state index is 13.0. The van der Waals surface area contributed by atoms with E-state index in [4.69, 9.17) is 0 Å². The molecule has 0 spiro atoms. The molecule has 5 nitrogen and oxygen atoms in total. The number of carbonyl (C=O) groups excluding carboxylic acids is 1. The van der Waals surface area contributed by atoms with Crippen molar-refractivity contribution in [3.63, 3.8) is 0 Å². The molecule has 0 aliphatic rings. The molecule has 1 aromatic carbocycles. The van der Waals surface area contributed by atoms with Crippen molar-refractivity contribution in [2.45, 2.75) is 11.3 Å². The molecule has 2 rings (SSSR count). The van der Waals surface area contributed by atoms with E-state index >= 15 is 0 Å². The monoisotopic (exact) mass is 330 g/mol. The highest BCUT2D eigenvalue weighted by molar-refractivity contribution is 8.01. The van der Waals surface area contributed by atoms with Gasteiger partial charge in [-0.15, -0.1) is 10.2 Å². The number of carbonyl (C=O) groups is 1. The Labute approximate surface area is 128 Å². The van der Waals surface area contributed by atoms with Crippen LogP contribution in [0.3, 0.4) is 0 Å². The Kier molecular flexibility index (Phi) is 5.45. The lowest BCUT2D eigenvalue weighted by atomic mass is 10.3. The molecule has 0 unspecified atom stereocenters. The van der Waals surface area contributed by atoms with E-state index in [0.29, 0.717) is 9.47 Å².